The van der Waals surface area contributed by atoms with Gasteiger partial charge in [-0.15, -0.1) is 0 Å². The molecule has 0 radical (unpaired) electrons. The summed E-state index contributed by atoms with van der Waals surface area (Å²) in [4.78, 5) is 24.0. The number of furan rings is 1. The van der Waals surface area contributed by atoms with Gasteiger partial charge < -0.3 is 13.9 Å². The van der Waals surface area contributed by atoms with Crippen LogP contribution >= 0.6 is 0 Å². The number of rotatable bonds is 4. The Morgan fingerprint density at radius 2 is 1.83 bits per heavy atom. The van der Waals surface area contributed by atoms with Crippen molar-refractivity contribution in [3.05, 3.63) is 42.2 Å². The lowest BCUT2D eigenvalue weighted by Crippen LogP contribution is -2.27. The molecule has 1 aromatic carbocycles. The van der Waals surface area contributed by atoms with E-state index in [-0.39, 0.29) is 18.1 Å². The molecule has 128 valence electrons. The van der Waals surface area contributed by atoms with Gasteiger partial charge in [-0.1, -0.05) is 30.3 Å². The minimum absolute atomic E-state index is 0.0680. The van der Waals surface area contributed by atoms with Crippen molar-refractivity contribution in [1.82, 2.24) is 0 Å². The Morgan fingerprint density at radius 1 is 1.17 bits per heavy atom. The second kappa shape index (κ2) is 7.21. The van der Waals surface area contributed by atoms with Gasteiger partial charge >= 0.3 is 12.1 Å². The van der Waals surface area contributed by atoms with Gasteiger partial charge in [0.05, 0.1) is 12.3 Å². The second-order valence-electron chi connectivity index (χ2n) is 6.07. The fourth-order valence-corrected chi connectivity index (χ4v) is 1.99. The highest BCUT2D eigenvalue weighted by Crippen LogP contribution is 2.30. The van der Waals surface area contributed by atoms with Crippen LogP contribution in [0.2, 0.25) is 0 Å². The molecule has 1 amide bonds. The highest BCUT2D eigenvalue weighted by molar-refractivity contribution is 5.98. The number of hydrogen-bond donors (Lipinski definition) is 1. The SMILES string of the molecule is CCOC(=O)c1oc(-c2ccccc2)cc1NC(=O)OC(C)(C)C. The van der Waals surface area contributed by atoms with Crippen LogP contribution in [-0.2, 0) is 9.47 Å². The second-order valence-corrected chi connectivity index (χ2v) is 6.07. The lowest BCUT2D eigenvalue weighted by atomic mass is 10.2. The molecule has 2 aromatic rings. The molecule has 0 spiro atoms. The largest absolute Gasteiger partial charge is 0.460 e. The number of nitrogens with one attached hydrogen (secondary N) is 1. The molecule has 0 bridgehead atoms. The monoisotopic (exact) mass is 331 g/mol. The molecule has 0 saturated heterocycles. The van der Waals surface area contributed by atoms with Crippen LogP contribution in [0.25, 0.3) is 11.3 Å². The summed E-state index contributed by atoms with van der Waals surface area (Å²) in [5.74, 6) is -0.267. The third kappa shape index (κ3) is 4.62. The van der Waals surface area contributed by atoms with E-state index in [0.717, 1.165) is 5.56 Å². The molecule has 0 fully saturated rings. The molecule has 0 unspecified atom stereocenters. The number of ether oxygens (including phenoxy) is 2. The van der Waals surface area contributed by atoms with Crippen molar-refractivity contribution >= 4 is 17.7 Å². The van der Waals surface area contributed by atoms with Crippen molar-refractivity contribution < 1.29 is 23.5 Å². The first-order valence-electron chi connectivity index (χ1n) is 7.66. The van der Waals surface area contributed by atoms with Crippen molar-refractivity contribution in [3.63, 3.8) is 0 Å². The van der Waals surface area contributed by atoms with Gasteiger partial charge in [0.15, 0.2) is 0 Å². The van der Waals surface area contributed by atoms with Gasteiger partial charge in [-0.3, -0.25) is 5.32 Å². The summed E-state index contributed by atoms with van der Waals surface area (Å²) in [5, 5.41) is 2.54. The first-order valence-corrected chi connectivity index (χ1v) is 7.66. The van der Waals surface area contributed by atoms with Crippen molar-refractivity contribution in [1.29, 1.82) is 0 Å². The van der Waals surface area contributed by atoms with Gasteiger partial charge in [0, 0.05) is 11.6 Å². The van der Waals surface area contributed by atoms with E-state index in [1.54, 1.807) is 33.8 Å². The minimum Gasteiger partial charge on any atom is -0.460 e. The summed E-state index contributed by atoms with van der Waals surface area (Å²) >= 11 is 0. The molecule has 6 nitrogen and oxygen atoms in total. The summed E-state index contributed by atoms with van der Waals surface area (Å²) in [7, 11) is 0. The van der Waals surface area contributed by atoms with E-state index >= 15 is 0 Å². The van der Waals surface area contributed by atoms with Gasteiger partial charge in [0.25, 0.3) is 0 Å². The van der Waals surface area contributed by atoms with E-state index in [1.165, 1.54) is 0 Å². The van der Waals surface area contributed by atoms with Crippen molar-refractivity contribution in [2.75, 3.05) is 11.9 Å². The van der Waals surface area contributed by atoms with Crippen molar-refractivity contribution in [2.45, 2.75) is 33.3 Å². The highest BCUT2D eigenvalue weighted by atomic mass is 16.6. The van der Waals surface area contributed by atoms with Crippen LogP contribution in [-0.4, -0.2) is 24.3 Å². The van der Waals surface area contributed by atoms with E-state index in [4.69, 9.17) is 13.9 Å². The number of hydrogen-bond acceptors (Lipinski definition) is 5. The molecule has 0 aliphatic carbocycles. The Kier molecular flexibility index (Phi) is 5.28. The predicted molar refractivity (Wildman–Crippen MR) is 90.0 cm³/mol. The summed E-state index contributed by atoms with van der Waals surface area (Å²) in [6, 6.07) is 10.8. The molecule has 1 N–H and O–H groups in total. The fourth-order valence-electron chi connectivity index (χ4n) is 1.99. The summed E-state index contributed by atoms with van der Waals surface area (Å²) in [6.45, 7) is 7.16. The number of anilines is 1. The van der Waals surface area contributed by atoms with E-state index in [1.807, 2.05) is 30.3 Å². The first-order chi connectivity index (χ1) is 11.3. The Morgan fingerprint density at radius 3 is 2.42 bits per heavy atom. The Labute approximate surface area is 140 Å². The standard InChI is InChI=1S/C18H21NO5/c1-5-22-16(20)15-13(19-17(21)24-18(2,3)4)11-14(23-15)12-9-7-6-8-10-12/h6-11H,5H2,1-4H3,(H,19,21). The predicted octanol–water partition coefficient (Wildman–Crippen LogP) is 4.47. The van der Waals surface area contributed by atoms with E-state index in [2.05, 4.69) is 5.32 Å². The zero-order chi connectivity index (χ0) is 17.7. The summed E-state index contributed by atoms with van der Waals surface area (Å²) in [5.41, 5.74) is 0.335. The maximum atomic E-state index is 12.1. The molecule has 2 rings (SSSR count). The number of carbonyl (C=O) groups is 2. The molecule has 0 atom stereocenters. The van der Waals surface area contributed by atoms with Crippen LogP contribution < -0.4 is 5.32 Å². The Hall–Kier alpha value is -2.76. The van der Waals surface area contributed by atoms with Gasteiger partial charge in [0.1, 0.15) is 11.4 Å². The number of esters is 1. The quantitative estimate of drug-likeness (QED) is 0.836. The molecule has 0 aliphatic heterocycles. The van der Waals surface area contributed by atoms with Crippen LogP contribution in [0, 0.1) is 0 Å². The smallest absolute Gasteiger partial charge is 0.412 e. The topological polar surface area (TPSA) is 77.8 Å². The molecule has 1 heterocycles. The van der Waals surface area contributed by atoms with Gasteiger partial charge in [0.2, 0.25) is 5.76 Å². The molecular weight excluding hydrogens is 310 g/mol. The van der Waals surface area contributed by atoms with Crippen LogP contribution in [0.3, 0.4) is 0 Å². The van der Waals surface area contributed by atoms with Crippen LogP contribution in [0.5, 0.6) is 0 Å². The van der Waals surface area contributed by atoms with E-state index in [0.29, 0.717) is 5.76 Å². The van der Waals surface area contributed by atoms with Crippen LogP contribution in [0.4, 0.5) is 10.5 Å². The van der Waals surface area contributed by atoms with Gasteiger partial charge in [-0.2, -0.15) is 0 Å². The lowest BCUT2D eigenvalue weighted by molar-refractivity contribution is 0.0492. The van der Waals surface area contributed by atoms with Crippen LogP contribution in [0.1, 0.15) is 38.2 Å². The third-order valence-corrected chi connectivity index (χ3v) is 2.89. The van der Waals surface area contributed by atoms with Gasteiger partial charge in [-0.25, -0.2) is 9.59 Å². The number of benzene rings is 1. The maximum Gasteiger partial charge on any atom is 0.412 e. The average Bonchev–Trinajstić information content (AvgIpc) is 2.90. The van der Waals surface area contributed by atoms with Crippen LogP contribution in [0.15, 0.2) is 40.8 Å². The minimum atomic E-state index is -0.673. The average molecular weight is 331 g/mol. The number of carbonyl (C=O) groups excluding carboxylic acids is 2. The number of amides is 1. The third-order valence-electron chi connectivity index (χ3n) is 2.89. The molecule has 1 aromatic heterocycles. The normalized spacial score (nSPS) is 11.0. The molecule has 0 saturated carbocycles. The zero-order valence-electron chi connectivity index (χ0n) is 14.2. The fraction of sp³-hybridized carbons (Fsp3) is 0.333. The summed E-state index contributed by atoms with van der Waals surface area (Å²) in [6.07, 6.45) is -0.673. The molecule has 6 heteroatoms. The van der Waals surface area contributed by atoms with Crippen molar-refractivity contribution in [3.8, 4) is 11.3 Å². The zero-order valence-corrected chi connectivity index (χ0v) is 14.2. The molecular formula is C18H21NO5. The maximum absolute atomic E-state index is 12.1. The Bertz CT molecular complexity index is 713. The lowest BCUT2D eigenvalue weighted by Gasteiger charge is -2.19. The molecule has 0 aliphatic rings. The Balaban J connectivity index is 2.32. The van der Waals surface area contributed by atoms with E-state index in [9.17, 15) is 9.59 Å². The molecule has 24 heavy (non-hydrogen) atoms. The summed E-state index contributed by atoms with van der Waals surface area (Å²) < 4.78 is 15.8. The first kappa shape index (κ1) is 17.6. The van der Waals surface area contributed by atoms with Gasteiger partial charge in [-0.05, 0) is 27.7 Å². The van der Waals surface area contributed by atoms with Crippen molar-refractivity contribution in [2.24, 2.45) is 0 Å². The highest BCUT2D eigenvalue weighted by Gasteiger charge is 2.24. The van der Waals surface area contributed by atoms with E-state index < -0.39 is 17.7 Å².